The fourth-order valence-corrected chi connectivity index (χ4v) is 3.57. The monoisotopic (exact) mass is 303 g/mol. The number of nitrogens with zero attached hydrogens (tertiary/aromatic N) is 2. The summed E-state index contributed by atoms with van der Waals surface area (Å²) in [7, 11) is 0. The summed E-state index contributed by atoms with van der Waals surface area (Å²) in [6, 6.07) is 9.56. The second-order valence-corrected chi connectivity index (χ2v) is 6.86. The summed E-state index contributed by atoms with van der Waals surface area (Å²) in [4.78, 5) is 11.2. The minimum absolute atomic E-state index is 0.101. The molecule has 0 aliphatic heterocycles. The molecule has 0 spiro atoms. The molecule has 1 unspecified atom stereocenters. The molecular formula is C15H17N3O2S. The van der Waals surface area contributed by atoms with Crippen molar-refractivity contribution in [2.45, 2.75) is 42.2 Å². The lowest BCUT2D eigenvalue weighted by molar-refractivity contribution is -0.384. The van der Waals surface area contributed by atoms with E-state index in [-0.39, 0.29) is 5.69 Å². The second kappa shape index (κ2) is 5.66. The summed E-state index contributed by atoms with van der Waals surface area (Å²) in [6.45, 7) is 0. The Morgan fingerprint density at radius 3 is 2.48 bits per heavy atom. The van der Waals surface area contributed by atoms with Crippen LogP contribution in [-0.2, 0) is 0 Å². The highest BCUT2D eigenvalue weighted by atomic mass is 32.2. The Bertz CT molecular complexity index is 576. The van der Waals surface area contributed by atoms with Gasteiger partial charge in [0.05, 0.1) is 11.0 Å². The molecule has 1 N–H and O–H groups in total. The van der Waals surface area contributed by atoms with Gasteiger partial charge in [0, 0.05) is 28.8 Å². The van der Waals surface area contributed by atoms with Crippen LogP contribution in [0.15, 0.2) is 29.2 Å². The quantitative estimate of drug-likeness (QED) is 0.475. The highest BCUT2D eigenvalue weighted by Crippen LogP contribution is 2.43. The van der Waals surface area contributed by atoms with E-state index in [0.29, 0.717) is 17.7 Å². The highest BCUT2D eigenvalue weighted by molar-refractivity contribution is 7.99. The summed E-state index contributed by atoms with van der Waals surface area (Å²) in [5, 5.41) is 23.8. The van der Waals surface area contributed by atoms with Gasteiger partial charge < -0.3 is 0 Å². The molecule has 0 saturated heterocycles. The Kier molecular flexibility index (Phi) is 3.87. The average Bonchev–Trinajstić information content (AvgIpc) is 3.37. The standard InChI is InChI=1S/C15H17N3O2S/c16-9-15(11-1-2-11,17-12-3-4-12)10-21-14-7-5-13(6-8-14)18(19)20/h5-8,11-12,17H,1-4,10H2. The van der Waals surface area contributed by atoms with Gasteiger partial charge in [0.1, 0.15) is 5.54 Å². The van der Waals surface area contributed by atoms with E-state index >= 15 is 0 Å². The maximum Gasteiger partial charge on any atom is 0.269 e. The molecule has 1 atom stereocenters. The van der Waals surface area contributed by atoms with Crippen molar-refractivity contribution in [1.29, 1.82) is 5.26 Å². The summed E-state index contributed by atoms with van der Waals surface area (Å²) in [5.41, 5.74) is -0.336. The molecule has 3 rings (SSSR count). The fraction of sp³-hybridized carbons (Fsp3) is 0.533. The first-order chi connectivity index (χ1) is 10.1. The lowest BCUT2D eigenvalue weighted by Crippen LogP contribution is -2.49. The van der Waals surface area contributed by atoms with Crippen LogP contribution in [0.25, 0.3) is 0 Å². The zero-order valence-electron chi connectivity index (χ0n) is 11.6. The molecule has 5 nitrogen and oxygen atoms in total. The lowest BCUT2D eigenvalue weighted by atomic mass is 9.97. The average molecular weight is 303 g/mol. The summed E-state index contributed by atoms with van der Waals surface area (Å²) in [5.74, 6) is 1.15. The third-order valence-electron chi connectivity index (χ3n) is 4.03. The molecule has 0 aromatic heterocycles. The number of hydrogen-bond donors (Lipinski definition) is 1. The zero-order valence-corrected chi connectivity index (χ0v) is 12.4. The first kappa shape index (κ1) is 14.4. The Morgan fingerprint density at radius 1 is 1.33 bits per heavy atom. The van der Waals surface area contributed by atoms with Gasteiger partial charge in [-0.1, -0.05) is 0 Å². The van der Waals surface area contributed by atoms with Crippen molar-refractivity contribution in [3.05, 3.63) is 34.4 Å². The number of nitro groups is 1. The normalized spacial score (nSPS) is 20.5. The number of benzene rings is 1. The second-order valence-electron chi connectivity index (χ2n) is 5.82. The summed E-state index contributed by atoms with van der Waals surface area (Å²) < 4.78 is 0. The molecule has 0 bridgehead atoms. The number of nitriles is 1. The van der Waals surface area contributed by atoms with Crippen molar-refractivity contribution in [2.75, 3.05) is 5.75 Å². The van der Waals surface area contributed by atoms with Gasteiger partial charge in [0.15, 0.2) is 0 Å². The molecular weight excluding hydrogens is 286 g/mol. The third-order valence-corrected chi connectivity index (χ3v) is 5.23. The Morgan fingerprint density at radius 2 is 2.00 bits per heavy atom. The number of thioether (sulfide) groups is 1. The van der Waals surface area contributed by atoms with Crippen molar-refractivity contribution in [1.82, 2.24) is 5.32 Å². The first-order valence-electron chi connectivity index (χ1n) is 7.19. The smallest absolute Gasteiger partial charge is 0.269 e. The maximum atomic E-state index is 10.6. The van der Waals surface area contributed by atoms with Crippen molar-refractivity contribution in [2.24, 2.45) is 5.92 Å². The largest absolute Gasteiger partial charge is 0.296 e. The molecule has 0 radical (unpaired) electrons. The van der Waals surface area contributed by atoms with Crippen LogP contribution in [-0.4, -0.2) is 22.3 Å². The van der Waals surface area contributed by atoms with Gasteiger partial charge in [-0.2, -0.15) is 5.26 Å². The molecule has 1 aromatic rings. The van der Waals surface area contributed by atoms with Gasteiger partial charge in [-0.3, -0.25) is 15.4 Å². The number of nitrogens with one attached hydrogen (secondary N) is 1. The first-order valence-corrected chi connectivity index (χ1v) is 8.18. The third kappa shape index (κ3) is 3.36. The van der Waals surface area contributed by atoms with E-state index in [1.165, 1.54) is 25.0 Å². The Labute approximate surface area is 127 Å². The molecule has 2 fully saturated rings. The Hall–Kier alpha value is -1.58. The maximum absolute atomic E-state index is 10.6. The van der Waals surface area contributed by atoms with Crippen molar-refractivity contribution in [3.8, 4) is 6.07 Å². The molecule has 2 aliphatic rings. The topological polar surface area (TPSA) is 79.0 Å². The molecule has 0 amide bonds. The molecule has 2 saturated carbocycles. The predicted molar refractivity (Wildman–Crippen MR) is 81.0 cm³/mol. The van der Waals surface area contributed by atoms with E-state index < -0.39 is 10.5 Å². The zero-order chi connectivity index (χ0) is 14.9. The van der Waals surface area contributed by atoms with E-state index in [2.05, 4.69) is 11.4 Å². The van der Waals surface area contributed by atoms with Crippen LogP contribution in [0.2, 0.25) is 0 Å². The summed E-state index contributed by atoms with van der Waals surface area (Å²) >= 11 is 1.60. The molecule has 1 aromatic carbocycles. The molecule has 0 heterocycles. The van der Waals surface area contributed by atoms with Crippen LogP contribution in [0.3, 0.4) is 0 Å². The van der Waals surface area contributed by atoms with Crippen molar-refractivity contribution >= 4 is 17.4 Å². The van der Waals surface area contributed by atoms with Crippen LogP contribution in [0.4, 0.5) is 5.69 Å². The minimum atomic E-state index is -0.437. The van der Waals surface area contributed by atoms with Crippen LogP contribution in [0, 0.1) is 27.4 Å². The van der Waals surface area contributed by atoms with Crippen LogP contribution in [0.5, 0.6) is 0 Å². The van der Waals surface area contributed by atoms with Crippen LogP contribution < -0.4 is 5.32 Å². The van der Waals surface area contributed by atoms with E-state index in [1.54, 1.807) is 23.9 Å². The molecule has 21 heavy (non-hydrogen) atoms. The van der Waals surface area contributed by atoms with E-state index in [1.807, 2.05) is 0 Å². The number of nitro benzene ring substituents is 1. The molecule has 110 valence electrons. The van der Waals surface area contributed by atoms with Crippen LogP contribution in [0.1, 0.15) is 25.7 Å². The number of hydrogen-bond acceptors (Lipinski definition) is 5. The SMILES string of the molecule is N#CC(CSc1ccc([N+](=O)[O-])cc1)(NC1CC1)C1CC1. The van der Waals surface area contributed by atoms with Gasteiger partial charge >= 0.3 is 0 Å². The van der Waals surface area contributed by atoms with Crippen molar-refractivity contribution < 1.29 is 4.92 Å². The fourth-order valence-electron chi connectivity index (χ4n) is 2.46. The predicted octanol–water partition coefficient (Wildman–Crippen LogP) is 3.11. The number of non-ortho nitro benzene ring substituents is 1. The van der Waals surface area contributed by atoms with Gasteiger partial charge in [0.2, 0.25) is 0 Å². The highest BCUT2D eigenvalue weighted by Gasteiger charge is 2.48. The van der Waals surface area contributed by atoms with Crippen LogP contribution >= 0.6 is 11.8 Å². The molecule has 6 heteroatoms. The Balaban J connectivity index is 1.66. The van der Waals surface area contributed by atoms with Gasteiger partial charge in [-0.05, 0) is 43.7 Å². The molecule has 2 aliphatic carbocycles. The van der Waals surface area contributed by atoms with Gasteiger partial charge in [0.25, 0.3) is 5.69 Å². The minimum Gasteiger partial charge on any atom is -0.296 e. The van der Waals surface area contributed by atoms with E-state index in [0.717, 1.165) is 17.7 Å². The van der Waals surface area contributed by atoms with E-state index in [9.17, 15) is 15.4 Å². The lowest BCUT2D eigenvalue weighted by Gasteiger charge is -2.27. The van der Waals surface area contributed by atoms with Gasteiger partial charge in [-0.25, -0.2) is 0 Å². The van der Waals surface area contributed by atoms with Crippen molar-refractivity contribution in [3.63, 3.8) is 0 Å². The van der Waals surface area contributed by atoms with Gasteiger partial charge in [-0.15, -0.1) is 11.8 Å². The number of rotatable bonds is 7. The summed E-state index contributed by atoms with van der Waals surface area (Å²) in [6.07, 6.45) is 4.57. The van der Waals surface area contributed by atoms with E-state index in [4.69, 9.17) is 0 Å².